The second kappa shape index (κ2) is 7.98. The maximum atomic E-state index is 13.4. The lowest BCUT2D eigenvalue weighted by atomic mass is 9.99. The summed E-state index contributed by atoms with van der Waals surface area (Å²) in [6, 6.07) is 7.90. The molecule has 0 radical (unpaired) electrons. The molecule has 2 aromatic rings. The number of nitrogens with zero attached hydrogens (tertiary/aromatic N) is 2. The molecule has 162 valence electrons. The van der Waals surface area contributed by atoms with E-state index in [2.05, 4.69) is 25.5 Å². The van der Waals surface area contributed by atoms with Crippen LogP contribution in [0, 0.1) is 6.57 Å². The summed E-state index contributed by atoms with van der Waals surface area (Å²) >= 11 is 0. The number of amides is 2. The normalized spacial score (nSPS) is 16.6. The number of carbonyl (C=O) groups is 1. The fourth-order valence-electron chi connectivity index (χ4n) is 4.46. The van der Waals surface area contributed by atoms with Crippen LogP contribution in [-0.4, -0.2) is 15.3 Å². The Hall–Kier alpha value is -2.89. The van der Waals surface area contributed by atoms with E-state index < -0.39 is 21.5 Å². The summed E-state index contributed by atoms with van der Waals surface area (Å²) in [6.45, 7) is 10.4. The van der Waals surface area contributed by atoms with Crippen molar-refractivity contribution in [2.24, 2.45) is 4.47 Å². The van der Waals surface area contributed by atoms with E-state index >= 15 is 0 Å². The van der Waals surface area contributed by atoms with Gasteiger partial charge < -0.3 is 10.4 Å². The Bertz CT molecular complexity index is 1170. The van der Waals surface area contributed by atoms with Gasteiger partial charge in [0.25, 0.3) is 0 Å². The van der Waals surface area contributed by atoms with Gasteiger partial charge >= 0.3 is 6.03 Å². The molecule has 8 heteroatoms. The number of rotatable bonds is 4. The van der Waals surface area contributed by atoms with Crippen LogP contribution in [0.5, 0.6) is 0 Å². The Morgan fingerprint density at radius 3 is 2.19 bits per heavy atom. The van der Waals surface area contributed by atoms with Crippen molar-refractivity contribution in [3.8, 4) is 0 Å². The van der Waals surface area contributed by atoms with Crippen LogP contribution in [0.4, 0.5) is 10.5 Å². The zero-order valence-corrected chi connectivity index (χ0v) is 18.5. The van der Waals surface area contributed by atoms with Gasteiger partial charge in [0.2, 0.25) is 9.92 Å². The molecule has 31 heavy (non-hydrogen) atoms. The lowest BCUT2D eigenvalue weighted by molar-refractivity contribution is 0.0785. The molecule has 0 bridgehead atoms. The highest BCUT2D eigenvalue weighted by atomic mass is 32.2. The highest BCUT2D eigenvalue weighted by Gasteiger charge is 2.27. The molecule has 1 unspecified atom stereocenters. The van der Waals surface area contributed by atoms with Gasteiger partial charge in [-0.3, -0.25) is 0 Å². The van der Waals surface area contributed by atoms with E-state index in [-0.39, 0.29) is 4.90 Å². The first-order valence-corrected chi connectivity index (χ1v) is 11.9. The second-order valence-electron chi connectivity index (χ2n) is 8.58. The van der Waals surface area contributed by atoms with Crippen molar-refractivity contribution >= 4 is 21.6 Å². The first-order chi connectivity index (χ1) is 14.7. The van der Waals surface area contributed by atoms with Crippen molar-refractivity contribution in [1.82, 2.24) is 4.72 Å². The van der Waals surface area contributed by atoms with E-state index in [1.165, 1.54) is 34.4 Å². The average Bonchev–Trinajstić information content (AvgIpc) is 3.36. The Morgan fingerprint density at radius 1 is 1.10 bits per heavy atom. The third-order valence-corrected chi connectivity index (χ3v) is 7.66. The SMILES string of the molecule is [C-]#[N+]N=S(=O)(NC(=O)Nc1c2c(cc3c1CCC3)CCC2)c1ccc(C(C)(C)O)cc1. The zero-order chi connectivity index (χ0) is 22.2. The molecule has 0 heterocycles. The molecule has 0 aliphatic heterocycles. The predicted octanol–water partition coefficient (Wildman–Crippen LogP) is 4.29. The molecule has 1 atom stereocenters. The van der Waals surface area contributed by atoms with Gasteiger partial charge in [0.1, 0.15) is 0 Å². The first-order valence-electron chi connectivity index (χ1n) is 10.4. The van der Waals surface area contributed by atoms with Gasteiger partial charge in [-0.05, 0) is 92.3 Å². The zero-order valence-electron chi connectivity index (χ0n) is 17.7. The number of aryl methyl sites for hydroxylation is 2. The van der Waals surface area contributed by atoms with Gasteiger partial charge in [0.05, 0.1) is 10.5 Å². The summed E-state index contributed by atoms with van der Waals surface area (Å²) in [5.41, 5.74) is 5.30. The van der Waals surface area contributed by atoms with E-state index in [0.717, 1.165) is 44.2 Å². The third-order valence-electron chi connectivity index (χ3n) is 5.98. The number of benzene rings is 2. The summed E-state index contributed by atoms with van der Waals surface area (Å²) in [6.07, 6.45) is 5.97. The molecule has 0 aromatic heterocycles. The Kier molecular flexibility index (Phi) is 5.50. The first kappa shape index (κ1) is 21.3. The van der Waals surface area contributed by atoms with Gasteiger partial charge in [0.15, 0.2) is 4.47 Å². The monoisotopic (exact) mass is 438 g/mol. The highest BCUT2D eigenvalue weighted by Crippen LogP contribution is 2.38. The van der Waals surface area contributed by atoms with E-state index in [1.54, 1.807) is 26.0 Å². The van der Waals surface area contributed by atoms with Crippen molar-refractivity contribution < 1.29 is 14.1 Å². The fourth-order valence-corrected chi connectivity index (χ4v) is 5.64. The van der Waals surface area contributed by atoms with Crippen LogP contribution < -0.4 is 10.0 Å². The smallest absolute Gasteiger partial charge is 0.332 e. The third kappa shape index (κ3) is 4.16. The van der Waals surface area contributed by atoms with Gasteiger partial charge in [-0.15, -0.1) is 4.95 Å². The number of nitrogens with one attached hydrogen (secondary N) is 2. The maximum Gasteiger partial charge on any atom is 0.332 e. The standard InChI is InChI=1S/C23H26N4O3S/c1-23(2,29)17-10-12-18(13-11-17)31(30,27-24-3)26-22(28)25-21-19-8-4-6-15(19)14-16-7-5-9-20(16)21/h10-14,29H,4-9H2,1-2H3,(H2,25,26,27,28,30). The molecule has 0 saturated carbocycles. The molecule has 2 aromatic carbocycles. The van der Waals surface area contributed by atoms with E-state index in [4.69, 9.17) is 6.57 Å². The van der Waals surface area contributed by atoms with Gasteiger partial charge in [-0.1, -0.05) is 18.2 Å². The quantitative estimate of drug-likeness (QED) is 0.491. The van der Waals surface area contributed by atoms with E-state index in [1.807, 2.05) is 0 Å². The summed E-state index contributed by atoms with van der Waals surface area (Å²) in [7, 11) is -3.50. The number of aliphatic hydroxyl groups is 1. The fraction of sp³-hybridized carbons (Fsp3) is 0.391. The highest BCUT2D eigenvalue weighted by molar-refractivity contribution is 7.92. The minimum absolute atomic E-state index is 0.204. The van der Waals surface area contributed by atoms with Gasteiger partial charge in [-0.25, -0.2) is 13.7 Å². The molecule has 0 saturated heterocycles. The topological polar surface area (TPSA) is 95.2 Å². The summed E-state index contributed by atoms with van der Waals surface area (Å²) < 4.78 is 19.4. The Morgan fingerprint density at radius 2 is 1.68 bits per heavy atom. The predicted molar refractivity (Wildman–Crippen MR) is 120 cm³/mol. The largest absolute Gasteiger partial charge is 0.386 e. The van der Waals surface area contributed by atoms with Crippen molar-refractivity contribution in [3.05, 3.63) is 69.7 Å². The Balaban J connectivity index is 1.62. The molecule has 2 aliphatic carbocycles. The summed E-state index contributed by atoms with van der Waals surface area (Å²) in [5.74, 6) is 0. The molecular formula is C23H26N4O3S. The number of fused-ring (bicyclic) bond motifs is 2. The molecule has 4 rings (SSSR count). The van der Waals surface area contributed by atoms with Crippen molar-refractivity contribution in [1.29, 1.82) is 0 Å². The minimum Gasteiger partial charge on any atom is -0.386 e. The summed E-state index contributed by atoms with van der Waals surface area (Å²) in [4.78, 5) is 16.0. The van der Waals surface area contributed by atoms with Crippen molar-refractivity contribution in [2.75, 3.05) is 5.32 Å². The van der Waals surface area contributed by atoms with Crippen LogP contribution >= 0.6 is 0 Å². The number of hydrogen-bond donors (Lipinski definition) is 3. The van der Waals surface area contributed by atoms with Crippen LogP contribution in [0.25, 0.3) is 4.95 Å². The molecular weight excluding hydrogens is 412 g/mol. The molecule has 0 fully saturated rings. The number of hydrogen-bond acceptors (Lipinski definition) is 4. The Labute approximate surface area is 183 Å². The lowest BCUT2D eigenvalue weighted by Gasteiger charge is -2.19. The van der Waals surface area contributed by atoms with Gasteiger partial charge in [-0.2, -0.15) is 6.57 Å². The van der Waals surface area contributed by atoms with Crippen LogP contribution in [-0.2, 0) is 41.2 Å². The van der Waals surface area contributed by atoms with E-state index in [0.29, 0.717) is 5.56 Å². The number of urea groups is 1. The molecule has 3 N–H and O–H groups in total. The van der Waals surface area contributed by atoms with E-state index in [9.17, 15) is 14.1 Å². The van der Waals surface area contributed by atoms with Crippen LogP contribution in [0.2, 0.25) is 0 Å². The number of carbonyl (C=O) groups excluding carboxylic acids is 1. The minimum atomic E-state index is -3.50. The summed E-state index contributed by atoms with van der Waals surface area (Å²) in [5, 5.41) is 13.1. The van der Waals surface area contributed by atoms with Crippen LogP contribution in [0.1, 0.15) is 54.5 Å². The van der Waals surface area contributed by atoms with Gasteiger partial charge in [0, 0.05) is 5.69 Å². The lowest BCUT2D eigenvalue weighted by Crippen LogP contribution is -2.34. The van der Waals surface area contributed by atoms with Crippen LogP contribution in [0.15, 0.2) is 39.7 Å². The van der Waals surface area contributed by atoms with Crippen LogP contribution in [0.3, 0.4) is 0 Å². The molecule has 7 nitrogen and oxygen atoms in total. The maximum absolute atomic E-state index is 13.4. The number of anilines is 1. The molecule has 0 spiro atoms. The van der Waals surface area contributed by atoms with Crippen molar-refractivity contribution in [3.63, 3.8) is 0 Å². The molecule has 2 amide bonds. The second-order valence-corrected chi connectivity index (χ2v) is 10.5. The average molecular weight is 439 g/mol. The molecule has 2 aliphatic rings. The van der Waals surface area contributed by atoms with Crippen molar-refractivity contribution in [2.45, 2.75) is 62.9 Å².